The molecular formula is C26H35N2+. The van der Waals surface area contributed by atoms with Crippen molar-refractivity contribution in [1.29, 1.82) is 0 Å². The van der Waals surface area contributed by atoms with E-state index in [1.165, 1.54) is 36.2 Å². The average molecular weight is 376 g/mol. The fourth-order valence-electron chi connectivity index (χ4n) is 4.61. The number of aromatic amines is 1. The van der Waals surface area contributed by atoms with Gasteiger partial charge in [0.1, 0.15) is 12.4 Å². The number of H-pyrrole nitrogens is 1. The van der Waals surface area contributed by atoms with Crippen LogP contribution in [0.4, 0.5) is 0 Å². The highest BCUT2D eigenvalue weighted by atomic mass is 15.1. The highest BCUT2D eigenvalue weighted by Gasteiger charge is 2.41. The van der Waals surface area contributed by atoms with E-state index in [0.717, 1.165) is 19.4 Å². The van der Waals surface area contributed by atoms with Crippen LogP contribution in [0.2, 0.25) is 0 Å². The van der Waals surface area contributed by atoms with Crippen LogP contribution in [-0.2, 0) is 18.4 Å². The summed E-state index contributed by atoms with van der Waals surface area (Å²) in [6, 6.07) is 22.0. The van der Waals surface area contributed by atoms with Gasteiger partial charge in [0.15, 0.2) is 0 Å². The van der Waals surface area contributed by atoms with Crippen molar-refractivity contribution in [3.63, 3.8) is 0 Å². The Kier molecular flexibility index (Phi) is 7.08. The van der Waals surface area contributed by atoms with Gasteiger partial charge in [0.2, 0.25) is 0 Å². The Balaban J connectivity index is 2.00. The van der Waals surface area contributed by atoms with Gasteiger partial charge in [0.05, 0.1) is 12.5 Å². The molecule has 0 amide bonds. The summed E-state index contributed by atoms with van der Waals surface area (Å²) >= 11 is 0. The van der Waals surface area contributed by atoms with Gasteiger partial charge in [-0.3, -0.25) is 0 Å². The second-order valence-electron chi connectivity index (χ2n) is 8.15. The van der Waals surface area contributed by atoms with E-state index in [1.54, 1.807) is 0 Å². The van der Waals surface area contributed by atoms with Gasteiger partial charge in [-0.15, -0.1) is 0 Å². The SMILES string of the molecule is CCCCC[n+]1cc[nH]c1C(CC)C(C)(Cc1ccccc1)c1ccccc1. The van der Waals surface area contributed by atoms with Crippen LogP contribution in [0.15, 0.2) is 73.1 Å². The standard InChI is InChI=1S/C26H34N2/c1-4-6-13-19-28-20-18-27-25(28)24(5-2)26(3,23-16-11-8-12-17-23)21-22-14-9-7-10-15-22/h7-12,14-18,20,24H,4-6,13,19,21H2,1-3H3/p+1. The summed E-state index contributed by atoms with van der Waals surface area (Å²) in [5.41, 5.74) is 2.84. The molecule has 1 heterocycles. The molecule has 3 aromatic rings. The van der Waals surface area contributed by atoms with E-state index in [1.807, 2.05) is 0 Å². The molecule has 0 aliphatic carbocycles. The third kappa shape index (κ3) is 4.55. The van der Waals surface area contributed by atoms with Crippen molar-refractivity contribution in [2.24, 2.45) is 0 Å². The summed E-state index contributed by atoms with van der Waals surface area (Å²) < 4.78 is 2.45. The van der Waals surface area contributed by atoms with Crippen LogP contribution in [0.25, 0.3) is 0 Å². The first-order valence-electron chi connectivity index (χ1n) is 10.8. The van der Waals surface area contributed by atoms with E-state index in [2.05, 4.69) is 103 Å². The minimum atomic E-state index is 0.0225. The molecule has 148 valence electrons. The average Bonchev–Trinajstić information content (AvgIpc) is 3.18. The zero-order valence-corrected chi connectivity index (χ0v) is 17.7. The van der Waals surface area contributed by atoms with Crippen LogP contribution >= 0.6 is 0 Å². The molecule has 0 bridgehead atoms. The summed E-state index contributed by atoms with van der Waals surface area (Å²) in [6.07, 6.45) is 10.3. The van der Waals surface area contributed by atoms with Crippen molar-refractivity contribution in [2.75, 3.05) is 0 Å². The predicted molar refractivity (Wildman–Crippen MR) is 117 cm³/mol. The van der Waals surface area contributed by atoms with Crippen LogP contribution in [0, 0.1) is 0 Å². The smallest absolute Gasteiger partial charge is 0.247 e. The predicted octanol–water partition coefficient (Wildman–Crippen LogP) is 6.19. The second kappa shape index (κ2) is 9.73. The van der Waals surface area contributed by atoms with Gasteiger partial charge in [-0.25, -0.2) is 9.55 Å². The lowest BCUT2D eigenvalue weighted by atomic mass is 9.66. The first-order valence-corrected chi connectivity index (χ1v) is 10.8. The zero-order valence-electron chi connectivity index (χ0n) is 17.7. The molecule has 0 fully saturated rings. The summed E-state index contributed by atoms with van der Waals surface area (Å²) in [7, 11) is 0. The molecule has 1 N–H and O–H groups in total. The lowest BCUT2D eigenvalue weighted by molar-refractivity contribution is -0.705. The highest BCUT2D eigenvalue weighted by Crippen LogP contribution is 2.42. The molecule has 0 spiro atoms. The molecule has 2 heteroatoms. The topological polar surface area (TPSA) is 19.7 Å². The van der Waals surface area contributed by atoms with Crippen LogP contribution in [0.5, 0.6) is 0 Å². The number of unbranched alkanes of at least 4 members (excludes halogenated alkanes) is 2. The lowest BCUT2D eigenvalue weighted by Crippen LogP contribution is -2.43. The first kappa shape index (κ1) is 20.4. The number of hydrogen-bond acceptors (Lipinski definition) is 0. The van der Waals surface area contributed by atoms with Gasteiger partial charge in [0.25, 0.3) is 5.82 Å². The molecule has 2 aromatic carbocycles. The molecule has 0 radical (unpaired) electrons. The number of benzene rings is 2. The minimum absolute atomic E-state index is 0.0225. The Morgan fingerprint density at radius 1 is 0.929 bits per heavy atom. The molecule has 2 nitrogen and oxygen atoms in total. The van der Waals surface area contributed by atoms with E-state index in [-0.39, 0.29) is 5.41 Å². The summed E-state index contributed by atoms with van der Waals surface area (Å²) in [5, 5.41) is 0. The van der Waals surface area contributed by atoms with E-state index >= 15 is 0 Å². The van der Waals surface area contributed by atoms with Crippen LogP contribution in [0.1, 0.15) is 69.3 Å². The minimum Gasteiger partial charge on any atom is -0.247 e. The second-order valence-corrected chi connectivity index (χ2v) is 8.15. The number of rotatable bonds is 10. The van der Waals surface area contributed by atoms with E-state index < -0.39 is 0 Å². The fourth-order valence-corrected chi connectivity index (χ4v) is 4.61. The number of imidazole rings is 1. The van der Waals surface area contributed by atoms with Crippen molar-refractivity contribution in [3.05, 3.63) is 90.0 Å². The van der Waals surface area contributed by atoms with E-state index in [0.29, 0.717) is 5.92 Å². The van der Waals surface area contributed by atoms with Crippen molar-refractivity contribution in [1.82, 2.24) is 4.98 Å². The Morgan fingerprint density at radius 3 is 2.25 bits per heavy atom. The van der Waals surface area contributed by atoms with E-state index in [9.17, 15) is 0 Å². The van der Waals surface area contributed by atoms with E-state index in [4.69, 9.17) is 0 Å². The molecule has 2 atom stereocenters. The maximum atomic E-state index is 3.61. The van der Waals surface area contributed by atoms with Gasteiger partial charge in [0, 0.05) is 5.41 Å². The van der Waals surface area contributed by atoms with Gasteiger partial charge >= 0.3 is 0 Å². The van der Waals surface area contributed by atoms with Gasteiger partial charge in [-0.2, -0.15) is 0 Å². The largest absolute Gasteiger partial charge is 0.258 e. The Morgan fingerprint density at radius 2 is 1.61 bits per heavy atom. The molecule has 2 unspecified atom stereocenters. The van der Waals surface area contributed by atoms with Crippen molar-refractivity contribution in [3.8, 4) is 0 Å². The molecular weight excluding hydrogens is 340 g/mol. The Bertz CT molecular complexity index is 822. The molecule has 28 heavy (non-hydrogen) atoms. The molecule has 1 aromatic heterocycles. The highest BCUT2D eigenvalue weighted by molar-refractivity contribution is 5.32. The van der Waals surface area contributed by atoms with Gasteiger partial charge in [-0.05, 0) is 36.8 Å². The molecule has 0 aliphatic rings. The van der Waals surface area contributed by atoms with Crippen LogP contribution in [-0.4, -0.2) is 4.98 Å². The first-order chi connectivity index (χ1) is 13.7. The van der Waals surface area contributed by atoms with Crippen molar-refractivity contribution >= 4 is 0 Å². The molecule has 0 saturated heterocycles. The third-order valence-corrected chi connectivity index (χ3v) is 6.15. The quantitative estimate of drug-likeness (QED) is 0.322. The molecule has 0 saturated carbocycles. The third-order valence-electron chi connectivity index (χ3n) is 6.15. The van der Waals surface area contributed by atoms with Crippen LogP contribution in [0.3, 0.4) is 0 Å². The normalized spacial score (nSPS) is 14.5. The zero-order chi connectivity index (χ0) is 19.8. The Labute approximate surface area is 170 Å². The maximum Gasteiger partial charge on any atom is 0.258 e. The summed E-state index contributed by atoms with van der Waals surface area (Å²) in [6.45, 7) is 8.14. The van der Waals surface area contributed by atoms with Crippen molar-refractivity contribution < 1.29 is 4.57 Å². The summed E-state index contributed by atoms with van der Waals surface area (Å²) in [5.74, 6) is 1.78. The van der Waals surface area contributed by atoms with Gasteiger partial charge in [-0.1, -0.05) is 87.9 Å². The monoisotopic (exact) mass is 375 g/mol. The number of hydrogen-bond donors (Lipinski definition) is 1. The summed E-state index contributed by atoms with van der Waals surface area (Å²) in [4.78, 5) is 3.61. The van der Waals surface area contributed by atoms with Crippen molar-refractivity contribution in [2.45, 2.75) is 70.8 Å². The molecule has 3 rings (SSSR count). The number of nitrogens with one attached hydrogen (secondary N) is 1. The van der Waals surface area contributed by atoms with Crippen LogP contribution < -0.4 is 4.57 Å². The Hall–Kier alpha value is -2.35. The maximum absolute atomic E-state index is 3.61. The lowest BCUT2D eigenvalue weighted by Gasteiger charge is -2.36. The van der Waals surface area contributed by atoms with Gasteiger partial charge < -0.3 is 0 Å². The number of aromatic nitrogens is 2. The molecule has 0 aliphatic heterocycles. The number of aryl methyl sites for hydroxylation is 1. The number of nitrogens with zero attached hydrogens (tertiary/aromatic N) is 1. The fraction of sp³-hybridized carbons (Fsp3) is 0.423.